The Morgan fingerprint density at radius 2 is 1.72 bits per heavy atom. The molecule has 1 aromatic carbocycles. The van der Waals surface area contributed by atoms with Gasteiger partial charge in [0.2, 0.25) is 5.95 Å². The minimum absolute atomic E-state index is 0.0417. The number of piperidine rings is 1. The van der Waals surface area contributed by atoms with Gasteiger partial charge in [-0.2, -0.15) is 4.98 Å². The lowest BCUT2D eigenvalue weighted by Crippen LogP contribution is -2.49. The van der Waals surface area contributed by atoms with E-state index >= 15 is 0 Å². The average molecular weight is 553 g/mol. The SMILES string of the molecule is O=S1CCCc2nc(N3CCC(c4ccc(S(F)(F)(F)(F)F)cc4)CC3)nc(NC3(CO)CCC3)c21. The molecule has 5 rings (SSSR count). The van der Waals surface area contributed by atoms with Gasteiger partial charge < -0.3 is 15.3 Å². The van der Waals surface area contributed by atoms with Crippen molar-refractivity contribution in [1.29, 1.82) is 0 Å². The number of benzene rings is 1. The Bertz CT molecular complexity index is 1180. The highest BCUT2D eigenvalue weighted by atomic mass is 32.5. The Morgan fingerprint density at radius 1 is 1.06 bits per heavy atom. The predicted molar refractivity (Wildman–Crippen MR) is 131 cm³/mol. The molecule has 1 aromatic heterocycles. The number of halogens is 5. The van der Waals surface area contributed by atoms with Crippen molar-refractivity contribution in [3.05, 3.63) is 35.5 Å². The highest BCUT2D eigenvalue weighted by Gasteiger charge is 2.65. The number of aliphatic hydroxyl groups excluding tert-OH is 1. The van der Waals surface area contributed by atoms with Gasteiger partial charge in [-0.25, -0.2) is 4.98 Å². The van der Waals surface area contributed by atoms with Crippen LogP contribution in [0, 0.1) is 0 Å². The second-order valence-electron chi connectivity index (χ2n) is 10.0. The quantitative estimate of drug-likeness (QED) is 0.435. The molecule has 0 amide bonds. The van der Waals surface area contributed by atoms with Gasteiger partial charge >= 0.3 is 10.2 Å². The molecule has 1 aliphatic carbocycles. The number of aliphatic hydroxyl groups is 1. The van der Waals surface area contributed by atoms with Crippen LogP contribution in [0.4, 0.5) is 31.2 Å². The molecule has 2 aliphatic heterocycles. The van der Waals surface area contributed by atoms with E-state index in [0.29, 0.717) is 72.5 Å². The lowest BCUT2D eigenvalue weighted by Gasteiger charge is -2.42. The number of aromatic nitrogens is 2. The van der Waals surface area contributed by atoms with Crippen LogP contribution >= 0.6 is 10.2 Å². The van der Waals surface area contributed by atoms with Gasteiger partial charge in [0.05, 0.1) is 28.6 Å². The Hall–Kier alpha value is -1.99. The topological polar surface area (TPSA) is 78.4 Å². The summed E-state index contributed by atoms with van der Waals surface area (Å²) in [5, 5.41) is 13.3. The molecule has 3 aliphatic rings. The van der Waals surface area contributed by atoms with Crippen LogP contribution in [-0.2, 0) is 17.2 Å². The minimum atomic E-state index is -9.68. The molecule has 0 radical (unpaired) electrons. The molecule has 3 heterocycles. The molecule has 1 saturated heterocycles. The zero-order valence-corrected chi connectivity index (χ0v) is 21.2. The summed E-state index contributed by atoms with van der Waals surface area (Å²) in [4.78, 5) is 10.2. The van der Waals surface area contributed by atoms with Gasteiger partial charge in [-0.15, -0.1) is 0 Å². The van der Waals surface area contributed by atoms with E-state index in [9.17, 15) is 28.7 Å². The number of fused-ring (bicyclic) bond motifs is 1. The lowest BCUT2D eigenvalue weighted by molar-refractivity contribution is 0.143. The predicted octanol–water partition coefficient (Wildman–Crippen LogP) is 5.90. The Kier molecular flexibility index (Phi) is 5.88. The Balaban J connectivity index is 1.34. The van der Waals surface area contributed by atoms with Crippen molar-refractivity contribution in [3.63, 3.8) is 0 Å². The standard InChI is InChI=1S/C23H29F5N4O2S2/c24-36(25,26,27,28)18-6-4-16(5-7-18)17-8-12-32(13-9-17)22-29-19-3-1-14-35(34)20(19)21(30-22)31-23(15-33)10-2-11-23/h4-7,17,33H,1-3,8-15H2,(H,29,30,31). The van der Waals surface area contributed by atoms with Gasteiger partial charge in [-0.3, -0.25) is 4.21 Å². The number of hydrogen-bond donors (Lipinski definition) is 2. The second-order valence-corrected chi connectivity index (χ2v) is 13.9. The van der Waals surface area contributed by atoms with E-state index in [1.54, 1.807) is 0 Å². The molecule has 200 valence electrons. The number of nitrogens with one attached hydrogen (secondary N) is 1. The van der Waals surface area contributed by atoms with Gasteiger partial charge in [0.25, 0.3) is 0 Å². The van der Waals surface area contributed by atoms with Gasteiger partial charge in [0, 0.05) is 18.8 Å². The van der Waals surface area contributed by atoms with Crippen LogP contribution in [0.15, 0.2) is 34.1 Å². The van der Waals surface area contributed by atoms with Crippen LogP contribution < -0.4 is 10.2 Å². The summed E-state index contributed by atoms with van der Waals surface area (Å²) < 4.78 is 78.0. The molecular weight excluding hydrogens is 523 g/mol. The molecule has 1 atom stereocenters. The molecule has 0 bridgehead atoms. The zero-order chi connectivity index (χ0) is 25.8. The van der Waals surface area contributed by atoms with Crippen LogP contribution in [0.1, 0.15) is 55.7 Å². The summed E-state index contributed by atoms with van der Waals surface area (Å²) in [6, 6.07) is 3.25. The molecular formula is C23H29F5N4O2S2. The summed E-state index contributed by atoms with van der Waals surface area (Å²) in [5.74, 6) is 1.49. The van der Waals surface area contributed by atoms with Crippen LogP contribution in [0.2, 0.25) is 0 Å². The van der Waals surface area contributed by atoms with E-state index in [1.165, 1.54) is 0 Å². The van der Waals surface area contributed by atoms with Crippen molar-refractivity contribution in [2.75, 3.05) is 35.7 Å². The van der Waals surface area contributed by atoms with E-state index in [0.717, 1.165) is 43.5 Å². The average Bonchev–Trinajstić information content (AvgIpc) is 2.80. The zero-order valence-electron chi connectivity index (χ0n) is 19.6. The van der Waals surface area contributed by atoms with Gasteiger partial charge in [-0.05, 0) is 68.6 Å². The Labute approximate surface area is 208 Å². The highest BCUT2D eigenvalue weighted by Crippen LogP contribution is 3.02. The number of nitrogens with zero attached hydrogens (tertiary/aromatic N) is 3. The molecule has 1 unspecified atom stereocenters. The molecule has 36 heavy (non-hydrogen) atoms. The largest absolute Gasteiger partial charge is 0.394 e. The fraction of sp³-hybridized carbons (Fsp3) is 0.565. The summed E-state index contributed by atoms with van der Waals surface area (Å²) >= 11 is 0. The van der Waals surface area contributed by atoms with Gasteiger partial charge in [-0.1, -0.05) is 31.6 Å². The van der Waals surface area contributed by atoms with Crippen LogP contribution in [0.3, 0.4) is 0 Å². The number of hydrogen-bond acceptors (Lipinski definition) is 6. The monoisotopic (exact) mass is 552 g/mol. The molecule has 2 fully saturated rings. The first-order valence-corrected chi connectivity index (χ1v) is 15.3. The highest BCUT2D eigenvalue weighted by molar-refractivity contribution is 8.45. The van der Waals surface area contributed by atoms with E-state index in [1.807, 2.05) is 4.90 Å². The van der Waals surface area contributed by atoms with Gasteiger partial charge in [0.15, 0.2) is 0 Å². The van der Waals surface area contributed by atoms with E-state index < -0.39 is 31.5 Å². The third kappa shape index (κ3) is 5.06. The fourth-order valence-electron chi connectivity index (χ4n) is 5.18. The number of anilines is 2. The van der Waals surface area contributed by atoms with Crippen molar-refractivity contribution in [3.8, 4) is 0 Å². The van der Waals surface area contributed by atoms with E-state index in [4.69, 9.17) is 9.97 Å². The first kappa shape index (κ1) is 25.7. The first-order chi connectivity index (χ1) is 16.8. The maximum absolute atomic E-state index is 13.0. The fourth-order valence-corrected chi connectivity index (χ4v) is 7.16. The summed E-state index contributed by atoms with van der Waals surface area (Å²) in [6.45, 7) is 1.04. The van der Waals surface area contributed by atoms with Crippen molar-refractivity contribution >= 4 is 32.8 Å². The summed E-state index contributed by atoms with van der Waals surface area (Å²) in [5.41, 5.74) is 0.877. The molecule has 1 saturated carbocycles. The summed E-state index contributed by atoms with van der Waals surface area (Å²) in [6.07, 6.45) is 5.25. The van der Waals surface area contributed by atoms with Crippen molar-refractivity contribution < 1.29 is 28.7 Å². The third-order valence-electron chi connectivity index (χ3n) is 7.47. The van der Waals surface area contributed by atoms with Crippen LogP contribution in [0.25, 0.3) is 0 Å². The Morgan fingerprint density at radius 3 is 2.28 bits per heavy atom. The van der Waals surface area contributed by atoms with E-state index in [-0.39, 0.29) is 12.5 Å². The molecule has 6 nitrogen and oxygen atoms in total. The van der Waals surface area contributed by atoms with E-state index in [2.05, 4.69) is 5.32 Å². The molecule has 2 aromatic rings. The normalized spacial score (nSPS) is 24.3. The summed E-state index contributed by atoms with van der Waals surface area (Å²) in [7, 11) is -10.9. The van der Waals surface area contributed by atoms with Crippen molar-refractivity contribution in [2.24, 2.45) is 0 Å². The van der Waals surface area contributed by atoms with Crippen molar-refractivity contribution in [2.45, 2.75) is 66.2 Å². The first-order valence-electron chi connectivity index (χ1n) is 12.0. The van der Waals surface area contributed by atoms with Crippen molar-refractivity contribution in [1.82, 2.24) is 9.97 Å². The smallest absolute Gasteiger partial charge is 0.310 e. The van der Waals surface area contributed by atoms with Gasteiger partial charge in [0.1, 0.15) is 15.6 Å². The number of rotatable bonds is 6. The maximum Gasteiger partial charge on any atom is 0.310 e. The molecule has 2 N–H and O–H groups in total. The van der Waals surface area contributed by atoms with Crippen LogP contribution in [-0.4, -0.2) is 50.3 Å². The number of aryl methyl sites for hydroxylation is 1. The van der Waals surface area contributed by atoms with Crippen LogP contribution in [0.5, 0.6) is 0 Å². The second kappa shape index (κ2) is 8.26. The third-order valence-corrected chi connectivity index (χ3v) is 10.2. The lowest BCUT2D eigenvalue weighted by atomic mass is 9.77. The molecule has 13 heteroatoms. The maximum atomic E-state index is 13.0. The molecule has 0 spiro atoms. The minimum Gasteiger partial charge on any atom is -0.394 e.